The van der Waals surface area contributed by atoms with Crippen molar-refractivity contribution in [1.29, 1.82) is 0 Å². The molecule has 162 valence electrons. The second-order valence-electron chi connectivity index (χ2n) is 7.08. The molecule has 0 aliphatic rings. The predicted octanol–water partition coefficient (Wildman–Crippen LogP) is 7.37. The van der Waals surface area contributed by atoms with E-state index in [1.165, 1.54) is 5.56 Å². The summed E-state index contributed by atoms with van der Waals surface area (Å²) in [6, 6.07) is 19.2. The summed E-state index contributed by atoms with van der Waals surface area (Å²) < 4.78 is 14.2. The van der Waals surface area contributed by atoms with Crippen LogP contribution < -0.4 is 10.2 Å². The van der Waals surface area contributed by atoms with Gasteiger partial charge in [-0.15, -0.1) is 0 Å². The van der Waals surface area contributed by atoms with Gasteiger partial charge < -0.3 is 9.15 Å². The molecule has 0 saturated carbocycles. The van der Waals surface area contributed by atoms with Crippen molar-refractivity contribution < 1.29 is 13.9 Å². The maximum absolute atomic E-state index is 12.5. The van der Waals surface area contributed by atoms with Gasteiger partial charge in [-0.1, -0.05) is 61.7 Å². The highest BCUT2D eigenvalue weighted by atomic mass is 79.9. The highest BCUT2D eigenvalue weighted by Gasteiger charge is 2.14. The molecule has 1 N–H and O–H groups in total. The highest BCUT2D eigenvalue weighted by molar-refractivity contribution is 9.11. The fourth-order valence-electron chi connectivity index (χ4n) is 3.12. The standard InChI is InChI=1S/C24H17Br3N2O3/c1-14-3-2-4-15(7-14)13-31-21-6-5-18(25)9-17(21)12-28-29-24(30)22-10-16-8-19(26)11-20(27)23(16)32-22/h2-12H,13H2,1H3,(H,29,30)/b28-12-. The number of hydrogen-bond acceptors (Lipinski definition) is 4. The Morgan fingerprint density at radius 1 is 1.06 bits per heavy atom. The average Bonchev–Trinajstić information content (AvgIpc) is 3.18. The number of hydrogen-bond donors (Lipinski definition) is 1. The lowest BCUT2D eigenvalue weighted by atomic mass is 10.1. The molecular formula is C24H17Br3N2O3. The average molecular weight is 621 g/mol. The van der Waals surface area contributed by atoms with Crippen molar-refractivity contribution in [2.24, 2.45) is 5.10 Å². The van der Waals surface area contributed by atoms with Gasteiger partial charge in [0.2, 0.25) is 0 Å². The molecule has 0 aliphatic heterocycles. The molecule has 0 atom stereocenters. The predicted molar refractivity (Wildman–Crippen MR) is 136 cm³/mol. The maximum atomic E-state index is 12.5. The van der Waals surface area contributed by atoms with Gasteiger partial charge in [0, 0.05) is 19.9 Å². The minimum absolute atomic E-state index is 0.168. The van der Waals surface area contributed by atoms with Crippen molar-refractivity contribution in [1.82, 2.24) is 5.43 Å². The quantitative estimate of drug-likeness (QED) is 0.181. The molecule has 0 bridgehead atoms. The second kappa shape index (κ2) is 10.0. The zero-order valence-electron chi connectivity index (χ0n) is 16.9. The molecule has 3 aromatic carbocycles. The van der Waals surface area contributed by atoms with Crippen LogP contribution in [0.15, 0.2) is 83.6 Å². The molecule has 4 rings (SSSR count). The minimum Gasteiger partial charge on any atom is -0.488 e. The zero-order chi connectivity index (χ0) is 22.7. The molecular weight excluding hydrogens is 604 g/mol. The van der Waals surface area contributed by atoms with E-state index in [2.05, 4.69) is 64.4 Å². The van der Waals surface area contributed by atoms with Gasteiger partial charge in [-0.3, -0.25) is 4.79 Å². The smallest absolute Gasteiger partial charge is 0.307 e. The van der Waals surface area contributed by atoms with Crippen molar-refractivity contribution >= 4 is 70.9 Å². The summed E-state index contributed by atoms with van der Waals surface area (Å²) in [5.41, 5.74) is 6.09. The maximum Gasteiger partial charge on any atom is 0.307 e. The molecule has 0 unspecified atom stereocenters. The summed E-state index contributed by atoms with van der Waals surface area (Å²) in [6.07, 6.45) is 1.55. The lowest BCUT2D eigenvalue weighted by Gasteiger charge is -2.10. The Bertz CT molecular complexity index is 1330. The molecule has 1 amide bonds. The number of furan rings is 1. The molecule has 0 radical (unpaired) electrons. The number of nitrogens with one attached hydrogen (secondary N) is 1. The van der Waals surface area contributed by atoms with E-state index < -0.39 is 5.91 Å². The Morgan fingerprint density at radius 3 is 2.72 bits per heavy atom. The number of rotatable bonds is 6. The number of amides is 1. The largest absolute Gasteiger partial charge is 0.488 e. The fourth-order valence-corrected chi connectivity index (χ4v) is 4.84. The van der Waals surface area contributed by atoms with Gasteiger partial charge in [0.1, 0.15) is 17.9 Å². The molecule has 32 heavy (non-hydrogen) atoms. The summed E-state index contributed by atoms with van der Waals surface area (Å²) >= 11 is 10.3. The van der Waals surface area contributed by atoms with Gasteiger partial charge in [-0.05, 0) is 64.8 Å². The molecule has 0 spiro atoms. The summed E-state index contributed by atoms with van der Waals surface area (Å²) in [5, 5.41) is 4.90. The first-order chi connectivity index (χ1) is 15.4. The monoisotopic (exact) mass is 618 g/mol. The van der Waals surface area contributed by atoms with Crippen LogP contribution in [-0.4, -0.2) is 12.1 Å². The van der Waals surface area contributed by atoms with Crippen molar-refractivity contribution in [3.8, 4) is 5.75 Å². The first-order valence-corrected chi connectivity index (χ1v) is 12.0. The second-order valence-corrected chi connectivity index (χ2v) is 9.76. The van der Waals surface area contributed by atoms with Gasteiger partial charge in [-0.25, -0.2) is 5.43 Å². The molecule has 1 aromatic heterocycles. The van der Waals surface area contributed by atoms with Crippen LogP contribution in [0, 0.1) is 6.92 Å². The van der Waals surface area contributed by atoms with E-state index in [1.54, 1.807) is 12.3 Å². The van der Waals surface area contributed by atoms with Gasteiger partial charge in [0.05, 0.1) is 10.7 Å². The number of benzene rings is 3. The number of ether oxygens (including phenoxy) is 1. The van der Waals surface area contributed by atoms with Crippen LogP contribution in [0.3, 0.4) is 0 Å². The number of carbonyl (C=O) groups is 1. The highest BCUT2D eigenvalue weighted by Crippen LogP contribution is 2.31. The van der Waals surface area contributed by atoms with Crippen molar-refractivity contribution in [2.45, 2.75) is 13.5 Å². The summed E-state index contributed by atoms with van der Waals surface area (Å²) in [6.45, 7) is 2.48. The van der Waals surface area contributed by atoms with E-state index in [-0.39, 0.29) is 5.76 Å². The van der Waals surface area contributed by atoms with Gasteiger partial charge in [0.15, 0.2) is 5.76 Å². The van der Waals surface area contributed by atoms with Crippen LogP contribution in [0.25, 0.3) is 11.0 Å². The van der Waals surface area contributed by atoms with Crippen molar-refractivity contribution in [3.63, 3.8) is 0 Å². The van der Waals surface area contributed by atoms with E-state index in [9.17, 15) is 4.79 Å². The first-order valence-electron chi connectivity index (χ1n) is 9.59. The van der Waals surface area contributed by atoms with Crippen molar-refractivity contribution in [3.05, 3.63) is 96.5 Å². The Labute approximate surface area is 210 Å². The molecule has 0 fully saturated rings. The topological polar surface area (TPSA) is 63.8 Å². The number of aryl methyl sites for hydroxylation is 1. The minimum atomic E-state index is -0.447. The molecule has 8 heteroatoms. The van der Waals surface area contributed by atoms with Gasteiger partial charge >= 0.3 is 5.91 Å². The van der Waals surface area contributed by atoms with Crippen LogP contribution in [-0.2, 0) is 6.61 Å². The Balaban J connectivity index is 1.47. The first kappa shape index (κ1) is 22.8. The number of carbonyl (C=O) groups excluding carboxylic acids is 1. The van der Waals surface area contributed by atoms with E-state index in [0.29, 0.717) is 17.9 Å². The number of nitrogens with zero attached hydrogens (tertiary/aromatic N) is 1. The number of hydrazone groups is 1. The fraction of sp³-hybridized carbons (Fsp3) is 0.0833. The SMILES string of the molecule is Cc1cccc(COc2ccc(Br)cc2/C=N\NC(=O)c2cc3cc(Br)cc(Br)c3o2)c1. The van der Waals surface area contributed by atoms with Crippen LogP contribution in [0.5, 0.6) is 5.75 Å². The van der Waals surface area contributed by atoms with Crippen LogP contribution in [0.2, 0.25) is 0 Å². The third kappa shape index (κ3) is 5.49. The summed E-state index contributed by atoms with van der Waals surface area (Å²) in [7, 11) is 0. The van der Waals surface area contributed by atoms with Crippen molar-refractivity contribution in [2.75, 3.05) is 0 Å². The molecule has 4 aromatic rings. The van der Waals surface area contributed by atoms with Crippen LogP contribution in [0.1, 0.15) is 27.2 Å². The van der Waals surface area contributed by atoms with Crippen LogP contribution >= 0.6 is 47.8 Å². The molecule has 0 saturated heterocycles. The van der Waals surface area contributed by atoms with E-state index in [0.717, 1.165) is 29.9 Å². The van der Waals surface area contributed by atoms with Crippen LogP contribution in [0.4, 0.5) is 0 Å². The lowest BCUT2D eigenvalue weighted by Crippen LogP contribution is -2.16. The van der Waals surface area contributed by atoms with Gasteiger partial charge in [-0.2, -0.15) is 5.10 Å². The Hall–Kier alpha value is -2.42. The lowest BCUT2D eigenvalue weighted by molar-refractivity contribution is 0.0929. The summed E-state index contributed by atoms with van der Waals surface area (Å²) in [4.78, 5) is 12.5. The molecule has 0 aliphatic carbocycles. The molecule has 1 heterocycles. The summed E-state index contributed by atoms with van der Waals surface area (Å²) in [5.74, 6) is 0.379. The number of fused-ring (bicyclic) bond motifs is 1. The Morgan fingerprint density at radius 2 is 1.91 bits per heavy atom. The normalized spacial score (nSPS) is 11.2. The van der Waals surface area contributed by atoms with E-state index >= 15 is 0 Å². The zero-order valence-corrected chi connectivity index (χ0v) is 21.6. The third-order valence-corrected chi connectivity index (χ3v) is 6.12. The van der Waals surface area contributed by atoms with E-state index in [4.69, 9.17) is 9.15 Å². The Kier molecular flexibility index (Phi) is 7.13. The van der Waals surface area contributed by atoms with Gasteiger partial charge in [0.25, 0.3) is 0 Å². The third-order valence-electron chi connectivity index (χ3n) is 4.58. The van der Waals surface area contributed by atoms with E-state index in [1.807, 2.05) is 55.5 Å². The number of halogens is 3. The molecule has 5 nitrogen and oxygen atoms in total.